The molecule has 0 amide bonds. The van der Waals surface area contributed by atoms with Gasteiger partial charge < -0.3 is 42.6 Å². The standard InChI is InChI=1S/C43H44O11S/c1-28(44)48-27-35-37(50-25-32-18-20-33(46-2)21-19-32)39-40(42(45)52-35)55-41-38(51-24-31-16-10-5-11-17-31)36(49-23-30-14-8-4-9-15-30)34(53-43(41)54-39)26-47-22-29-12-6-3-7-13-29/h3-21,34-38,41,43H,22-27H2,1-2H3/t34-,35-,36-,37-,38+,41-,43-/m1/s1. The third-order valence-electron chi connectivity index (χ3n) is 9.36. The van der Waals surface area contributed by atoms with Gasteiger partial charge in [-0.05, 0) is 34.4 Å². The first-order valence-corrected chi connectivity index (χ1v) is 19.1. The topological polar surface area (TPSA) is 117 Å². The van der Waals surface area contributed by atoms with E-state index in [4.69, 9.17) is 42.6 Å². The third kappa shape index (κ3) is 9.95. The molecule has 0 aliphatic carbocycles. The fourth-order valence-electron chi connectivity index (χ4n) is 6.58. The van der Waals surface area contributed by atoms with E-state index in [1.54, 1.807) is 7.11 Å². The summed E-state index contributed by atoms with van der Waals surface area (Å²) in [5.74, 6) is -0.171. The van der Waals surface area contributed by atoms with Crippen LogP contribution in [0.1, 0.15) is 29.2 Å². The number of carbonyl (C=O) groups is 2. The van der Waals surface area contributed by atoms with Gasteiger partial charge in [-0.2, -0.15) is 0 Å². The lowest BCUT2D eigenvalue weighted by molar-refractivity contribution is -0.272. The molecule has 0 spiro atoms. The number of hydrogen-bond donors (Lipinski definition) is 0. The van der Waals surface area contributed by atoms with Gasteiger partial charge in [0.05, 0.1) is 40.1 Å². The highest BCUT2D eigenvalue weighted by molar-refractivity contribution is 8.04. The molecule has 0 radical (unpaired) electrons. The van der Waals surface area contributed by atoms with Crippen molar-refractivity contribution >= 4 is 23.7 Å². The summed E-state index contributed by atoms with van der Waals surface area (Å²) in [7, 11) is 1.60. The van der Waals surface area contributed by atoms with Crippen molar-refractivity contribution in [2.24, 2.45) is 0 Å². The Bertz CT molecular complexity index is 1870. The molecule has 4 aromatic carbocycles. The molecule has 288 valence electrons. The average molecular weight is 769 g/mol. The number of fused-ring (bicyclic) bond motifs is 1. The molecule has 3 heterocycles. The number of ether oxygens (including phenoxy) is 9. The number of cyclic esters (lactones) is 1. The normalized spacial score (nSPS) is 24.5. The van der Waals surface area contributed by atoms with Gasteiger partial charge in [-0.15, -0.1) is 11.8 Å². The van der Waals surface area contributed by atoms with Gasteiger partial charge in [-0.25, -0.2) is 4.79 Å². The highest BCUT2D eigenvalue weighted by Gasteiger charge is 2.55. The molecule has 0 aromatic heterocycles. The zero-order valence-electron chi connectivity index (χ0n) is 30.7. The zero-order chi connectivity index (χ0) is 38.0. The van der Waals surface area contributed by atoms with E-state index in [-0.39, 0.29) is 37.1 Å². The second-order valence-corrected chi connectivity index (χ2v) is 14.5. The number of thioether (sulfide) groups is 1. The second kappa shape index (κ2) is 18.8. The molecule has 0 bridgehead atoms. The van der Waals surface area contributed by atoms with Crippen LogP contribution in [0.15, 0.2) is 126 Å². The van der Waals surface area contributed by atoms with E-state index in [9.17, 15) is 9.59 Å². The van der Waals surface area contributed by atoms with Crippen molar-refractivity contribution in [3.63, 3.8) is 0 Å². The number of carbonyl (C=O) groups excluding carboxylic acids is 2. The van der Waals surface area contributed by atoms with E-state index in [2.05, 4.69) is 0 Å². The number of esters is 2. The average Bonchev–Trinajstić information content (AvgIpc) is 3.22. The lowest BCUT2D eigenvalue weighted by atomic mass is 9.99. The van der Waals surface area contributed by atoms with Crippen molar-refractivity contribution in [3.8, 4) is 5.75 Å². The van der Waals surface area contributed by atoms with Crippen LogP contribution in [0.2, 0.25) is 0 Å². The summed E-state index contributed by atoms with van der Waals surface area (Å²) in [6.07, 6.45) is -4.61. The highest BCUT2D eigenvalue weighted by atomic mass is 32.2. The molecule has 1 saturated heterocycles. The highest BCUT2D eigenvalue weighted by Crippen LogP contribution is 2.47. The Morgan fingerprint density at radius 2 is 1.22 bits per heavy atom. The summed E-state index contributed by atoms with van der Waals surface area (Å²) >= 11 is 1.26. The van der Waals surface area contributed by atoms with Crippen molar-refractivity contribution in [2.45, 2.75) is 75.4 Å². The Labute approximate surface area is 324 Å². The molecule has 7 atom stereocenters. The second-order valence-electron chi connectivity index (χ2n) is 13.3. The molecular weight excluding hydrogens is 725 g/mol. The molecule has 3 aliphatic heterocycles. The van der Waals surface area contributed by atoms with Gasteiger partial charge in [-0.1, -0.05) is 103 Å². The minimum absolute atomic E-state index is 0.150. The van der Waals surface area contributed by atoms with Crippen LogP contribution in [0, 0.1) is 0 Å². The Morgan fingerprint density at radius 3 is 1.82 bits per heavy atom. The van der Waals surface area contributed by atoms with Crippen molar-refractivity contribution in [3.05, 3.63) is 148 Å². The minimum Gasteiger partial charge on any atom is -0.497 e. The first-order valence-electron chi connectivity index (χ1n) is 18.2. The smallest absolute Gasteiger partial charge is 0.348 e. The third-order valence-corrected chi connectivity index (χ3v) is 10.7. The lowest BCUT2D eigenvalue weighted by Crippen LogP contribution is -2.62. The fraction of sp³-hybridized carbons (Fsp3) is 0.349. The molecule has 55 heavy (non-hydrogen) atoms. The molecule has 0 N–H and O–H groups in total. The van der Waals surface area contributed by atoms with Gasteiger partial charge in [-0.3, -0.25) is 4.79 Å². The summed E-state index contributed by atoms with van der Waals surface area (Å²) in [6, 6.07) is 37.1. The van der Waals surface area contributed by atoms with Crippen molar-refractivity contribution in [2.75, 3.05) is 20.3 Å². The predicted octanol–water partition coefficient (Wildman–Crippen LogP) is 6.53. The number of methoxy groups -OCH3 is 1. The maximum Gasteiger partial charge on any atom is 0.348 e. The Kier molecular flexibility index (Phi) is 13.2. The van der Waals surface area contributed by atoms with E-state index >= 15 is 0 Å². The van der Waals surface area contributed by atoms with Crippen molar-refractivity contribution < 1.29 is 52.2 Å². The number of rotatable bonds is 16. The van der Waals surface area contributed by atoms with E-state index in [1.165, 1.54) is 18.7 Å². The van der Waals surface area contributed by atoms with Gasteiger partial charge in [0.2, 0.25) is 6.29 Å². The van der Waals surface area contributed by atoms with E-state index in [1.807, 2.05) is 115 Å². The lowest BCUT2D eigenvalue weighted by Gasteiger charge is -2.49. The van der Waals surface area contributed by atoms with Crippen LogP contribution in [-0.2, 0) is 73.9 Å². The van der Waals surface area contributed by atoms with Gasteiger partial charge in [0, 0.05) is 6.92 Å². The van der Waals surface area contributed by atoms with Crippen LogP contribution >= 0.6 is 11.8 Å². The molecular formula is C43H44O11S. The first-order chi connectivity index (χ1) is 26.9. The van der Waals surface area contributed by atoms with Gasteiger partial charge in [0.1, 0.15) is 40.8 Å². The zero-order valence-corrected chi connectivity index (χ0v) is 31.5. The van der Waals surface area contributed by atoms with E-state index in [0.29, 0.717) is 19.0 Å². The van der Waals surface area contributed by atoms with Crippen molar-refractivity contribution in [1.82, 2.24) is 0 Å². The Morgan fingerprint density at radius 1 is 0.655 bits per heavy atom. The van der Waals surface area contributed by atoms with Gasteiger partial charge >= 0.3 is 11.9 Å². The van der Waals surface area contributed by atoms with Crippen LogP contribution in [0.25, 0.3) is 0 Å². The van der Waals surface area contributed by atoms with Crippen LogP contribution in [-0.4, -0.2) is 74.3 Å². The van der Waals surface area contributed by atoms with Gasteiger partial charge in [0.15, 0.2) is 18.0 Å². The minimum atomic E-state index is -0.966. The summed E-state index contributed by atoms with van der Waals surface area (Å²) in [5.41, 5.74) is 3.83. The monoisotopic (exact) mass is 768 g/mol. The largest absolute Gasteiger partial charge is 0.497 e. The molecule has 0 saturated carbocycles. The van der Waals surface area contributed by atoms with Crippen LogP contribution in [0.4, 0.5) is 0 Å². The van der Waals surface area contributed by atoms with Gasteiger partial charge in [0.25, 0.3) is 0 Å². The Hall–Kier alpha value is -4.69. The quantitative estimate of drug-likeness (QED) is 0.116. The number of hydrogen-bond acceptors (Lipinski definition) is 12. The maximum atomic E-state index is 13.7. The van der Waals surface area contributed by atoms with Crippen LogP contribution < -0.4 is 4.74 Å². The maximum absolute atomic E-state index is 13.7. The summed E-state index contributed by atoms with van der Waals surface area (Å²) in [4.78, 5) is 25.8. The molecule has 1 fully saturated rings. The molecule has 7 rings (SSSR count). The molecule has 0 unspecified atom stereocenters. The van der Waals surface area contributed by atoms with E-state index < -0.39 is 54.0 Å². The summed E-state index contributed by atoms with van der Waals surface area (Å²) in [6.45, 7) is 2.35. The van der Waals surface area contributed by atoms with E-state index in [0.717, 1.165) is 22.3 Å². The molecule has 3 aliphatic rings. The van der Waals surface area contributed by atoms with Crippen LogP contribution in [0.3, 0.4) is 0 Å². The van der Waals surface area contributed by atoms with Crippen molar-refractivity contribution in [1.29, 1.82) is 0 Å². The Balaban J connectivity index is 1.19. The first kappa shape index (κ1) is 38.6. The molecule has 11 nitrogen and oxygen atoms in total. The predicted molar refractivity (Wildman–Crippen MR) is 202 cm³/mol. The molecule has 4 aromatic rings. The van der Waals surface area contributed by atoms with Crippen LogP contribution in [0.5, 0.6) is 5.75 Å². The summed E-state index contributed by atoms with van der Waals surface area (Å²) < 4.78 is 56.1. The fourth-order valence-corrected chi connectivity index (χ4v) is 7.87. The molecule has 12 heteroatoms. The SMILES string of the molecule is COc1ccc(CO[C@H]2C3=C(S[C@H]4[C@@H](O3)O[C@H](COCc3ccccc3)[C@@H](OCc3ccccc3)[C@@H]4OCc3ccccc3)C(=O)O[C@@H]2COC(C)=O)cc1. The number of benzene rings is 4. The summed E-state index contributed by atoms with van der Waals surface area (Å²) in [5, 5.41) is -0.548.